The van der Waals surface area contributed by atoms with Gasteiger partial charge in [-0.05, 0) is 42.3 Å². The molecule has 0 radical (unpaired) electrons. The summed E-state index contributed by atoms with van der Waals surface area (Å²) in [5.41, 5.74) is 0.216. The Bertz CT molecular complexity index is 1410. The minimum atomic E-state index is -0.766. The van der Waals surface area contributed by atoms with Crippen LogP contribution in [0.15, 0.2) is 94.5 Å². The van der Waals surface area contributed by atoms with Crippen LogP contribution >= 0.6 is 0 Å². The van der Waals surface area contributed by atoms with Crippen LogP contribution in [0.3, 0.4) is 0 Å². The average Bonchev–Trinajstić information content (AvgIpc) is 2.87. The molecule has 0 saturated heterocycles. The second-order valence-electron chi connectivity index (χ2n) is 7.73. The Morgan fingerprint density at radius 2 is 1.65 bits per heavy atom. The Hall–Kier alpha value is -4.46. The normalized spacial score (nSPS) is 11.6. The van der Waals surface area contributed by atoms with Crippen molar-refractivity contribution in [3.05, 3.63) is 123 Å². The molecule has 0 bridgehead atoms. The molecular formula is C26H24N4O4. The Kier molecular flexibility index (Phi) is 6.68. The maximum atomic E-state index is 13.3. The summed E-state index contributed by atoms with van der Waals surface area (Å²) < 4.78 is 7.33. The number of aromatic nitrogens is 3. The summed E-state index contributed by atoms with van der Waals surface area (Å²) in [6.45, 7) is 1.77. The number of hydrogen-bond donors (Lipinski definition) is 1. The molecule has 1 heterocycles. The van der Waals surface area contributed by atoms with E-state index in [1.807, 2.05) is 37.3 Å². The first-order valence-electron chi connectivity index (χ1n) is 10.8. The second kappa shape index (κ2) is 9.99. The predicted octanol–water partition coefficient (Wildman–Crippen LogP) is 2.94. The topological polar surface area (TPSA) is 95.2 Å². The number of para-hydroxylation sites is 1. The van der Waals surface area contributed by atoms with Gasteiger partial charge in [0.15, 0.2) is 0 Å². The number of nitrogens with zero attached hydrogens (tertiary/aromatic N) is 3. The fourth-order valence-electron chi connectivity index (χ4n) is 3.58. The van der Waals surface area contributed by atoms with Crippen molar-refractivity contribution in [2.45, 2.75) is 19.5 Å². The van der Waals surface area contributed by atoms with E-state index in [0.717, 1.165) is 14.8 Å². The molecule has 8 heteroatoms. The van der Waals surface area contributed by atoms with E-state index >= 15 is 0 Å². The lowest BCUT2D eigenvalue weighted by molar-refractivity contribution is 0.0930. The van der Waals surface area contributed by atoms with Crippen LogP contribution in [-0.2, 0) is 6.54 Å². The summed E-state index contributed by atoms with van der Waals surface area (Å²) in [5.74, 6) is -0.0666. The molecule has 1 aromatic heterocycles. The van der Waals surface area contributed by atoms with Crippen LogP contribution < -0.4 is 21.3 Å². The summed E-state index contributed by atoms with van der Waals surface area (Å²) in [6.07, 6.45) is 0. The van der Waals surface area contributed by atoms with Crippen molar-refractivity contribution in [1.82, 2.24) is 19.7 Å². The van der Waals surface area contributed by atoms with Gasteiger partial charge in [-0.25, -0.2) is 4.79 Å². The minimum absolute atomic E-state index is 0.0429. The van der Waals surface area contributed by atoms with Crippen molar-refractivity contribution in [2.75, 3.05) is 7.11 Å². The molecule has 1 N–H and O–H groups in total. The highest BCUT2D eigenvalue weighted by molar-refractivity contribution is 5.92. The molecule has 0 unspecified atom stereocenters. The molecular weight excluding hydrogens is 432 g/mol. The van der Waals surface area contributed by atoms with Crippen LogP contribution in [0.25, 0.3) is 5.69 Å². The van der Waals surface area contributed by atoms with E-state index in [0.29, 0.717) is 17.0 Å². The third-order valence-electron chi connectivity index (χ3n) is 5.40. The molecule has 0 spiro atoms. The van der Waals surface area contributed by atoms with Crippen molar-refractivity contribution in [3.8, 4) is 11.4 Å². The molecule has 3 aromatic carbocycles. The highest BCUT2D eigenvalue weighted by atomic mass is 16.5. The van der Waals surface area contributed by atoms with Crippen LogP contribution in [0.2, 0.25) is 0 Å². The monoisotopic (exact) mass is 456 g/mol. The zero-order valence-electron chi connectivity index (χ0n) is 18.8. The van der Waals surface area contributed by atoms with Gasteiger partial charge in [0.2, 0.25) is 5.69 Å². The van der Waals surface area contributed by atoms with Gasteiger partial charge in [-0.1, -0.05) is 60.7 Å². The average molecular weight is 457 g/mol. The first-order chi connectivity index (χ1) is 16.5. The number of benzene rings is 3. The fraction of sp³-hybridized carbons (Fsp3) is 0.154. The van der Waals surface area contributed by atoms with E-state index in [4.69, 9.17) is 4.74 Å². The second-order valence-corrected chi connectivity index (χ2v) is 7.73. The summed E-state index contributed by atoms with van der Waals surface area (Å²) >= 11 is 0. The molecule has 34 heavy (non-hydrogen) atoms. The van der Waals surface area contributed by atoms with E-state index in [2.05, 4.69) is 10.4 Å². The van der Waals surface area contributed by atoms with Crippen molar-refractivity contribution >= 4 is 5.91 Å². The zero-order chi connectivity index (χ0) is 24.1. The Labute approximate surface area is 196 Å². The van der Waals surface area contributed by atoms with Gasteiger partial charge in [-0.3, -0.25) is 14.2 Å². The van der Waals surface area contributed by atoms with Crippen LogP contribution in [0.1, 0.15) is 34.6 Å². The molecule has 1 atom stereocenters. The standard InChI is InChI=1S/C26H24N4O4/c1-18(20-11-5-3-6-12-20)27-24(31)23-25(32)29(17-19-10-9-15-22(16-19)34-2)26(33)30(28-23)21-13-7-4-8-14-21/h3-16,18H,17H2,1-2H3,(H,27,31)/t18-/m0/s1. The Morgan fingerprint density at radius 3 is 2.32 bits per heavy atom. The number of hydrogen-bond acceptors (Lipinski definition) is 5. The summed E-state index contributed by atoms with van der Waals surface area (Å²) in [4.78, 5) is 39.7. The van der Waals surface area contributed by atoms with Gasteiger partial charge in [0, 0.05) is 0 Å². The van der Waals surface area contributed by atoms with Gasteiger partial charge in [-0.2, -0.15) is 9.78 Å². The quantitative estimate of drug-likeness (QED) is 0.461. The third kappa shape index (κ3) is 4.80. The van der Waals surface area contributed by atoms with Gasteiger partial charge in [0.25, 0.3) is 11.5 Å². The predicted molar refractivity (Wildman–Crippen MR) is 129 cm³/mol. The van der Waals surface area contributed by atoms with Gasteiger partial charge < -0.3 is 10.1 Å². The number of nitrogens with one attached hydrogen (secondary N) is 1. The molecule has 0 saturated carbocycles. The SMILES string of the molecule is COc1cccc(Cn2c(=O)c(C(=O)N[C@@H](C)c3ccccc3)nn(-c3ccccc3)c2=O)c1. The van der Waals surface area contributed by atoms with E-state index in [-0.39, 0.29) is 18.3 Å². The smallest absolute Gasteiger partial charge is 0.352 e. The van der Waals surface area contributed by atoms with E-state index in [9.17, 15) is 14.4 Å². The molecule has 0 fully saturated rings. The molecule has 8 nitrogen and oxygen atoms in total. The summed E-state index contributed by atoms with van der Waals surface area (Å²) in [7, 11) is 1.54. The zero-order valence-corrected chi connectivity index (χ0v) is 18.8. The highest BCUT2D eigenvalue weighted by Crippen LogP contribution is 2.14. The van der Waals surface area contributed by atoms with Crippen molar-refractivity contribution in [1.29, 1.82) is 0 Å². The van der Waals surface area contributed by atoms with Crippen LogP contribution in [-0.4, -0.2) is 27.4 Å². The van der Waals surface area contributed by atoms with E-state index < -0.39 is 17.2 Å². The largest absolute Gasteiger partial charge is 0.497 e. The first kappa shape index (κ1) is 22.7. The lowest BCUT2D eigenvalue weighted by Crippen LogP contribution is -2.46. The maximum Gasteiger partial charge on any atom is 0.352 e. The van der Waals surface area contributed by atoms with Gasteiger partial charge in [0.05, 0.1) is 25.4 Å². The number of amides is 1. The summed E-state index contributed by atoms with van der Waals surface area (Å²) in [6, 6.07) is 24.7. The molecule has 4 aromatic rings. The number of ether oxygens (including phenoxy) is 1. The Morgan fingerprint density at radius 1 is 0.971 bits per heavy atom. The molecule has 172 valence electrons. The molecule has 0 aliphatic rings. The third-order valence-corrected chi connectivity index (χ3v) is 5.40. The molecule has 1 amide bonds. The van der Waals surface area contributed by atoms with Crippen molar-refractivity contribution in [3.63, 3.8) is 0 Å². The van der Waals surface area contributed by atoms with Crippen molar-refractivity contribution in [2.24, 2.45) is 0 Å². The highest BCUT2D eigenvalue weighted by Gasteiger charge is 2.22. The molecule has 4 rings (SSSR count). The van der Waals surface area contributed by atoms with Crippen LogP contribution in [0.4, 0.5) is 0 Å². The van der Waals surface area contributed by atoms with Gasteiger partial charge in [0.1, 0.15) is 5.75 Å². The fourth-order valence-corrected chi connectivity index (χ4v) is 3.58. The number of carbonyl (C=O) groups excluding carboxylic acids is 1. The van der Waals surface area contributed by atoms with Gasteiger partial charge in [-0.15, -0.1) is 0 Å². The number of carbonyl (C=O) groups is 1. The maximum absolute atomic E-state index is 13.3. The molecule has 0 aliphatic carbocycles. The van der Waals surface area contributed by atoms with Gasteiger partial charge >= 0.3 is 5.69 Å². The molecule has 0 aliphatic heterocycles. The van der Waals surface area contributed by atoms with E-state index in [1.165, 1.54) is 7.11 Å². The van der Waals surface area contributed by atoms with E-state index in [1.54, 1.807) is 54.6 Å². The Balaban J connectivity index is 1.79. The number of rotatable bonds is 7. The first-order valence-corrected chi connectivity index (χ1v) is 10.8. The lowest BCUT2D eigenvalue weighted by Gasteiger charge is -2.16. The minimum Gasteiger partial charge on any atom is -0.497 e. The number of methoxy groups -OCH3 is 1. The van der Waals surface area contributed by atoms with Crippen LogP contribution in [0, 0.1) is 0 Å². The van der Waals surface area contributed by atoms with Crippen molar-refractivity contribution < 1.29 is 9.53 Å². The lowest BCUT2D eigenvalue weighted by atomic mass is 10.1. The van der Waals surface area contributed by atoms with Crippen LogP contribution in [0.5, 0.6) is 5.75 Å². The summed E-state index contributed by atoms with van der Waals surface area (Å²) in [5, 5.41) is 6.97.